The number of benzene rings is 1. The van der Waals surface area contributed by atoms with Crippen LogP contribution in [0.4, 0.5) is 13.2 Å². The summed E-state index contributed by atoms with van der Waals surface area (Å²) in [5, 5.41) is 0. The van der Waals surface area contributed by atoms with Crippen LogP contribution < -0.4 is 0 Å². The molecule has 3 rings (SSSR count). The van der Waals surface area contributed by atoms with Crippen molar-refractivity contribution in [2.24, 2.45) is 17.3 Å². The highest BCUT2D eigenvalue weighted by Gasteiger charge is 2.49. The van der Waals surface area contributed by atoms with E-state index in [2.05, 4.69) is 40.4 Å². The number of rotatable bonds is 12. The van der Waals surface area contributed by atoms with Crippen molar-refractivity contribution < 1.29 is 45.2 Å². The van der Waals surface area contributed by atoms with Crippen molar-refractivity contribution in [1.82, 2.24) is 0 Å². The lowest BCUT2D eigenvalue weighted by atomic mass is 9.59. The van der Waals surface area contributed by atoms with E-state index in [9.17, 15) is 31.2 Å². The van der Waals surface area contributed by atoms with Crippen LogP contribution in [0.3, 0.4) is 0 Å². The minimum absolute atomic E-state index is 0.0516. The van der Waals surface area contributed by atoms with Crippen LogP contribution in [0.1, 0.15) is 73.6 Å². The number of halogens is 3. The highest BCUT2D eigenvalue weighted by Crippen LogP contribution is 2.51. The largest absolute Gasteiger partial charge is 0.460 e. The van der Waals surface area contributed by atoms with Crippen molar-refractivity contribution in [3.05, 3.63) is 34.4 Å². The Balaban J connectivity index is 1.79. The third-order valence-electron chi connectivity index (χ3n) is 8.49. The molecule has 1 aromatic carbocycles. The molecule has 0 aromatic heterocycles. The molecule has 0 saturated heterocycles. The molecule has 0 radical (unpaired) electrons. The molecule has 0 amide bonds. The van der Waals surface area contributed by atoms with Gasteiger partial charge in [-0.15, -0.1) is 0 Å². The summed E-state index contributed by atoms with van der Waals surface area (Å²) < 4.78 is 81.2. The van der Waals surface area contributed by atoms with Gasteiger partial charge in [-0.1, -0.05) is 61.5 Å². The Morgan fingerprint density at radius 1 is 1.05 bits per heavy atom. The van der Waals surface area contributed by atoms with E-state index >= 15 is 0 Å². The van der Waals surface area contributed by atoms with Crippen LogP contribution in [0.2, 0.25) is 0 Å². The smallest absolute Gasteiger partial charge is 0.426 e. The first-order valence-corrected chi connectivity index (χ1v) is 15.8. The SMILES string of the molecule is BCc1cc(CB)c(CB)c(COC(=O)C2(CCC(=O)OC(CS(=O)(=O)O)C(F)(F)F)CC3CCCC(C3)C2)c1. The van der Waals surface area contributed by atoms with E-state index in [4.69, 9.17) is 9.29 Å². The summed E-state index contributed by atoms with van der Waals surface area (Å²) >= 11 is 0. The van der Waals surface area contributed by atoms with Gasteiger partial charge >= 0.3 is 18.1 Å². The molecule has 14 heteroatoms. The van der Waals surface area contributed by atoms with E-state index in [1.165, 1.54) is 5.56 Å². The second-order valence-electron chi connectivity index (χ2n) is 11.4. The van der Waals surface area contributed by atoms with Gasteiger partial charge < -0.3 is 9.47 Å². The van der Waals surface area contributed by atoms with Crippen LogP contribution in [-0.4, -0.2) is 66.5 Å². The van der Waals surface area contributed by atoms with Crippen molar-refractivity contribution in [2.45, 2.75) is 89.2 Å². The first-order chi connectivity index (χ1) is 18.7. The monoisotopic (exact) mass is 584 g/mol. The summed E-state index contributed by atoms with van der Waals surface area (Å²) in [7, 11) is 1.15. The molecule has 2 fully saturated rings. The summed E-state index contributed by atoms with van der Waals surface area (Å²) in [4.78, 5) is 26.2. The molecule has 2 aliphatic rings. The van der Waals surface area contributed by atoms with Gasteiger partial charge in [0.15, 0.2) is 0 Å². The normalized spacial score (nSPS) is 23.8. The third-order valence-corrected chi connectivity index (χ3v) is 9.21. The van der Waals surface area contributed by atoms with E-state index in [1.807, 2.05) is 0 Å². The number of ether oxygens (including phenoxy) is 2. The molecule has 1 N–H and O–H groups in total. The second kappa shape index (κ2) is 13.4. The fourth-order valence-corrected chi connectivity index (χ4v) is 7.29. The minimum Gasteiger partial charge on any atom is -0.460 e. The topological polar surface area (TPSA) is 107 Å². The van der Waals surface area contributed by atoms with E-state index in [0.29, 0.717) is 12.8 Å². The molecule has 0 heterocycles. The maximum atomic E-state index is 13.7. The predicted octanol–water partition coefficient (Wildman–Crippen LogP) is 1.86. The zero-order valence-electron chi connectivity index (χ0n) is 23.5. The minimum atomic E-state index is -5.18. The molecular formula is C26H38B3F3O7S. The fourth-order valence-electron chi connectivity index (χ4n) is 6.65. The first-order valence-electron chi connectivity index (χ1n) is 14.2. The number of carbonyl (C=O) groups excluding carboxylic acids is 2. The van der Waals surface area contributed by atoms with Crippen LogP contribution in [0.25, 0.3) is 0 Å². The lowest BCUT2D eigenvalue weighted by Crippen LogP contribution is -2.43. The Bertz CT molecular complexity index is 1160. The van der Waals surface area contributed by atoms with E-state index < -0.39 is 51.9 Å². The van der Waals surface area contributed by atoms with Crippen molar-refractivity contribution >= 4 is 45.6 Å². The second-order valence-corrected chi connectivity index (χ2v) is 12.9. The fraction of sp³-hybridized carbons (Fsp3) is 0.692. The number of fused-ring (bicyclic) bond motifs is 2. The average Bonchev–Trinajstić information content (AvgIpc) is 2.88. The summed E-state index contributed by atoms with van der Waals surface area (Å²) in [5.74, 6) is -2.98. The zero-order chi connectivity index (χ0) is 29.7. The number of esters is 2. The van der Waals surface area contributed by atoms with Gasteiger partial charge in [0, 0.05) is 6.42 Å². The maximum absolute atomic E-state index is 13.7. The summed E-state index contributed by atoms with van der Waals surface area (Å²) in [6.07, 6.45) is -1.37. The molecule has 3 atom stereocenters. The van der Waals surface area contributed by atoms with Gasteiger partial charge in [0.2, 0.25) is 6.10 Å². The summed E-state index contributed by atoms with van der Waals surface area (Å²) in [6.45, 7) is 0.0783. The van der Waals surface area contributed by atoms with Gasteiger partial charge in [0.1, 0.15) is 35.9 Å². The van der Waals surface area contributed by atoms with Crippen LogP contribution >= 0.6 is 0 Å². The Kier molecular flexibility index (Phi) is 10.9. The van der Waals surface area contributed by atoms with E-state index in [0.717, 1.165) is 61.3 Å². The molecule has 3 unspecified atom stereocenters. The Labute approximate surface area is 237 Å². The van der Waals surface area contributed by atoms with Gasteiger partial charge in [-0.3, -0.25) is 14.1 Å². The lowest BCUT2D eigenvalue weighted by molar-refractivity contribution is -0.215. The van der Waals surface area contributed by atoms with Crippen molar-refractivity contribution in [3.63, 3.8) is 0 Å². The van der Waals surface area contributed by atoms with Crippen molar-refractivity contribution in [1.29, 1.82) is 0 Å². The predicted molar refractivity (Wildman–Crippen MR) is 152 cm³/mol. The Morgan fingerprint density at radius 2 is 1.68 bits per heavy atom. The highest BCUT2D eigenvalue weighted by atomic mass is 32.2. The zero-order valence-corrected chi connectivity index (χ0v) is 24.3. The molecule has 2 bridgehead atoms. The standard InChI is InChI=1S/C26H38B3F3O7S/c27-11-18-7-19(12-28)21(13-29)20(8-18)14-38-24(34)25(9-16-2-1-3-17(6-16)10-25)5-4-23(33)39-22(26(30,31)32)15-40(35,36)37/h7-8,16-17,22H,1-6,9-15,27-29H2,(H,35,36,37). The quantitative estimate of drug-likeness (QED) is 0.227. The number of carbonyl (C=O) groups is 2. The molecule has 220 valence electrons. The van der Waals surface area contributed by atoms with Crippen LogP contribution in [0, 0.1) is 17.3 Å². The molecule has 0 aliphatic heterocycles. The van der Waals surface area contributed by atoms with E-state index in [-0.39, 0.29) is 24.9 Å². The number of alkyl halides is 3. The lowest BCUT2D eigenvalue weighted by Gasteiger charge is -2.45. The van der Waals surface area contributed by atoms with E-state index in [1.54, 1.807) is 0 Å². The first kappa shape index (κ1) is 32.6. The molecule has 2 saturated carbocycles. The van der Waals surface area contributed by atoms with Crippen LogP contribution in [0.5, 0.6) is 0 Å². The highest BCUT2D eigenvalue weighted by molar-refractivity contribution is 7.85. The molecule has 0 spiro atoms. The third kappa shape index (κ3) is 8.53. The Morgan fingerprint density at radius 3 is 2.20 bits per heavy atom. The van der Waals surface area contributed by atoms with Crippen LogP contribution in [0.15, 0.2) is 12.1 Å². The van der Waals surface area contributed by atoms with Gasteiger partial charge in [0.05, 0.1) is 5.41 Å². The molecule has 40 heavy (non-hydrogen) atoms. The molecule has 7 nitrogen and oxygen atoms in total. The Hall–Kier alpha value is -1.95. The van der Waals surface area contributed by atoms with Gasteiger partial charge in [0.25, 0.3) is 10.1 Å². The van der Waals surface area contributed by atoms with Gasteiger partial charge in [-0.25, -0.2) is 0 Å². The summed E-state index contributed by atoms with van der Waals surface area (Å²) in [5.41, 5.74) is 3.40. The average molecular weight is 584 g/mol. The molecule has 1 aromatic rings. The van der Waals surface area contributed by atoms with Gasteiger partial charge in [-0.05, 0) is 48.6 Å². The van der Waals surface area contributed by atoms with Crippen LogP contribution in [-0.2, 0) is 54.7 Å². The summed E-state index contributed by atoms with van der Waals surface area (Å²) in [6, 6.07) is 4.23. The van der Waals surface area contributed by atoms with Crippen molar-refractivity contribution in [2.75, 3.05) is 5.75 Å². The maximum Gasteiger partial charge on any atom is 0.426 e. The van der Waals surface area contributed by atoms with Gasteiger partial charge in [-0.2, -0.15) is 21.6 Å². The number of hydrogen-bond acceptors (Lipinski definition) is 6. The van der Waals surface area contributed by atoms with Crippen molar-refractivity contribution in [3.8, 4) is 0 Å². The molecule has 2 aliphatic carbocycles. The number of hydrogen-bond donors (Lipinski definition) is 1. The molecular weight excluding hydrogens is 546 g/mol.